The predicted molar refractivity (Wildman–Crippen MR) is 76.9 cm³/mol. The van der Waals surface area contributed by atoms with Gasteiger partial charge in [-0.15, -0.1) is 0 Å². The van der Waals surface area contributed by atoms with E-state index in [1.54, 1.807) is 0 Å². The summed E-state index contributed by atoms with van der Waals surface area (Å²) in [6.45, 7) is 2.32. The number of carboxylic acids is 1. The number of likely N-dealkylation sites (tertiary alicyclic amines) is 1. The largest absolute Gasteiger partial charge is 0.480 e. The van der Waals surface area contributed by atoms with E-state index in [0.29, 0.717) is 13.0 Å². The van der Waals surface area contributed by atoms with Gasteiger partial charge in [-0.25, -0.2) is 9.18 Å². The molecule has 1 heterocycles. The molecule has 1 aromatic carbocycles. The Hall–Kier alpha value is -1.62. The van der Waals surface area contributed by atoms with Gasteiger partial charge in [-0.3, -0.25) is 4.79 Å². The third-order valence-corrected chi connectivity index (χ3v) is 4.31. The second-order valence-electron chi connectivity index (χ2n) is 5.25. The Morgan fingerprint density at radius 1 is 1.48 bits per heavy atom. The summed E-state index contributed by atoms with van der Waals surface area (Å²) in [6, 6.07) is 3.25. The number of benzene rings is 1. The van der Waals surface area contributed by atoms with Gasteiger partial charge in [0.1, 0.15) is 6.04 Å². The van der Waals surface area contributed by atoms with Crippen molar-refractivity contribution >= 4 is 23.5 Å². The van der Waals surface area contributed by atoms with Crippen LogP contribution in [-0.4, -0.2) is 34.5 Å². The highest BCUT2D eigenvalue weighted by atomic mass is 35.5. The second-order valence-corrected chi connectivity index (χ2v) is 5.66. The lowest BCUT2D eigenvalue weighted by Crippen LogP contribution is -2.50. The molecule has 2 rings (SSSR count). The van der Waals surface area contributed by atoms with Gasteiger partial charge in [-0.2, -0.15) is 0 Å². The number of halogens is 2. The van der Waals surface area contributed by atoms with Crippen molar-refractivity contribution in [2.45, 2.75) is 32.2 Å². The maximum Gasteiger partial charge on any atom is 0.326 e. The SMILES string of the molecule is CCC1CCN(C(=O)c2cccc(Cl)c2F)C(C(=O)O)C1. The number of piperidine rings is 1. The summed E-state index contributed by atoms with van der Waals surface area (Å²) in [6.07, 6.45) is 2.01. The van der Waals surface area contributed by atoms with E-state index >= 15 is 0 Å². The molecule has 0 saturated carbocycles. The molecule has 1 amide bonds. The molecular weight excluding hydrogens is 297 g/mol. The normalized spacial score (nSPS) is 22.1. The number of carbonyl (C=O) groups is 2. The van der Waals surface area contributed by atoms with Crippen LogP contribution in [0.3, 0.4) is 0 Å². The number of amides is 1. The van der Waals surface area contributed by atoms with Crippen LogP contribution >= 0.6 is 11.6 Å². The summed E-state index contributed by atoms with van der Waals surface area (Å²) in [5.41, 5.74) is -0.177. The Labute approximate surface area is 127 Å². The summed E-state index contributed by atoms with van der Waals surface area (Å²) in [4.78, 5) is 25.1. The van der Waals surface area contributed by atoms with E-state index in [-0.39, 0.29) is 16.5 Å². The van der Waals surface area contributed by atoms with Crippen molar-refractivity contribution in [3.63, 3.8) is 0 Å². The molecule has 0 spiro atoms. The molecule has 1 fully saturated rings. The first kappa shape index (κ1) is 15.8. The average molecular weight is 314 g/mol. The third kappa shape index (κ3) is 3.18. The monoisotopic (exact) mass is 313 g/mol. The first-order chi connectivity index (χ1) is 9.95. The smallest absolute Gasteiger partial charge is 0.326 e. The molecule has 2 atom stereocenters. The van der Waals surface area contributed by atoms with Crippen LogP contribution in [0.15, 0.2) is 18.2 Å². The lowest BCUT2D eigenvalue weighted by atomic mass is 9.88. The number of carbonyl (C=O) groups excluding carboxylic acids is 1. The van der Waals surface area contributed by atoms with Crippen molar-refractivity contribution in [3.05, 3.63) is 34.6 Å². The Morgan fingerprint density at radius 3 is 2.81 bits per heavy atom. The third-order valence-electron chi connectivity index (χ3n) is 4.02. The van der Waals surface area contributed by atoms with Crippen molar-refractivity contribution in [1.82, 2.24) is 4.90 Å². The maximum atomic E-state index is 14.0. The van der Waals surface area contributed by atoms with Crippen LogP contribution in [0.1, 0.15) is 36.5 Å². The van der Waals surface area contributed by atoms with Gasteiger partial charge >= 0.3 is 5.97 Å². The predicted octanol–water partition coefficient (Wildman–Crippen LogP) is 3.19. The Kier molecular flexibility index (Phi) is 4.83. The van der Waals surface area contributed by atoms with Gasteiger partial charge < -0.3 is 10.0 Å². The van der Waals surface area contributed by atoms with Gasteiger partial charge in [0.15, 0.2) is 5.82 Å². The fraction of sp³-hybridized carbons (Fsp3) is 0.467. The quantitative estimate of drug-likeness (QED) is 0.932. The molecule has 6 heteroatoms. The van der Waals surface area contributed by atoms with Gasteiger partial charge in [0.2, 0.25) is 0 Å². The highest BCUT2D eigenvalue weighted by molar-refractivity contribution is 6.31. The van der Waals surface area contributed by atoms with Crippen molar-refractivity contribution in [3.8, 4) is 0 Å². The van der Waals surface area contributed by atoms with Crippen LogP contribution in [0, 0.1) is 11.7 Å². The van der Waals surface area contributed by atoms with E-state index in [9.17, 15) is 19.1 Å². The number of nitrogens with zero attached hydrogens (tertiary/aromatic N) is 1. The van der Waals surface area contributed by atoms with Gasteiger partial charge in [0.05, 0.1) is 10.6 Å². The lowest BCUT2D eigenvalue weighted by molar-refractivity contribution is -0.144. The molecule has 1 saturated heterocycles. The van der Waals surface area contributed by atoms with Crippen LogP contribution in [0.5, 0.6) is 0 Å². The zero-order chi connectivity index (χ0) is 15.6. The van der Waals surface area contributed by atoms with Gasteiger partial charge in [0.25, 0.3) is 5.91 Å². The molecule has 21 heavy (non-hydrogen) atoms. The minimum absolute atomic E-state index is 0.142. The van der Waals surface area contributed by atoms with E-state index in [1.807, 2.05) is 6.92 Å². The molecule has 0 bridgehead atoms. The molecule has 0 radical (unpaired) electrons. The molecule has 1 aliphatic rings. The molecule has 1 N–H and O–H groups in total. The van der Waals surface area contributed by atoms with E-state index in [4.69, 9.17) is 11.6 Å². The molecule has 0 aliphatic carbocycles. The topological polar surface area (TPSA) is 57.6 Å². The summed E-state index contributed by atoms with van der Waals surface area (Å²) in [5.74, 6) is -2.19. The summed E-state index contributed by atoms with van der Waals surface area (Å²) >= 11 is 5.68. The van der Waals surface area contributed by atoms with E-state index < -0.39 is 23.7 Å². The Morgan fingerprint density at radius 2 is 2.19 bits per heavy atom. The van der Waals surface area contributed by atoms with Crippen molar-refractivity contribution in [1.29, 1.82) is 0 Å². The van der Waals surface area contributed by atoms with E-state index in [1.165, 1.54) is 23.1 Å². The average Bonchev–Trinajstić information content (AvgIpc) is 2.48. The van der Waals surface area contributed by atoms with Crippen molar-refractivity contribution < 1.29 is 19.1 Å². The van der Waals surface area contributed by atoms with Gasteiger partial charge in [-0.05, 0) is 30.9 Å². The van der Waals surface area contributed by atoms with Crippen LogP contribution in [0.4, 0.5) is 4.39 Å². The first-order valence-corrected chi connectivity index (χ1v) is 7.31. The molecule has 1 aliphatic heterocycles. The number of rotatable bonds is 3. The van der Waals surface area contributed by atoms with Gasteiger partial charge in [0, 0.05) is 6.54 Å². The zero-order valence-electron chi connectivity index (χ0n) is 11.7. The summed E-state index contributed by atoms with van der Waals surface area (Å²) in [7, 11) is 0. The van der Waals surface area contributed by atoms with E-state index in [0.717, 1.165) is 12.8 Å². The number of hydrogen-bond acceptors (Lipinski definition) is 2. The molecule has 114 valence electrons. The van der Waals surface area contributed by atoms with Crippen LogP contribution in [0.25, 0.3) is 0 Å². The van der Waals surface area contributed by atoms with Crippen LogP contribution < -0.4 is 0 Å². The molecular formula is C15H17ClFNO3. The zero-order valence-corrected chi connectivity index (χ0v) is 12.4. The second kappa shape index (κ2) is 6.43. The molecule has 2 unspecified atom stereocenters. The van der Waals surface area contributed by atoms with Crippen LogP contribution in [-0.2, 0) is 4.79 Å². The Balaban J connectivity index is 2.28. The summed E-state index contributed by atoms with van der Waals surface area (Å²) in [5, 5.41) is 9.19. The summed E-state index contributed by atoms with van der Waals surface area (Å²) < 4.78 is 14.0. The van der Waals surface area contributed by atoms with E-state index in [2.05, 4.69) is 0 Å². The van der Waals surface area contributed by atoms with Gasteiger partial charge in [-0.1, -0.05) is 31.0 Å². The molecule has 0 aromatic heterocycles. The first-order valence-electron chi connectivity index (χ1n) is 6.93. The lowest BCUT2D eigenvalue weighted by Gasteiger charge is -2.37. The number of carboxylic acid groups (broad SMARTS) is 1. The highest BCUT2D eigenvalue weighted by Gasteiger charge is 2.36. The number of aliphatic carboxylic acids is 1. The van der Waals surface area contributed by atoms with Crippen LogP contribution in [0.2, 0.25) is 5.02 Å². The number of hydrogen-bond donors (Lipinski definition) is 1. The minimum atomic E-state index is -1.05. The van der Waals surface area contributed by atoms with Crippen molar-refractivity contribution in [2.24, 2.45) is 5.92 Å². The molecule has 4 nitrogen and oxygen atoms in total. The fourth-order valence-electron chi connectivity index (χ4n) is 2.71. The Bertz CT molecular complexity index is 564. The highest BCUT2D eigenvalue weighted by Crippen LogP contribution is 2.28. The minimum Gasteiger partial charge on any atom is -0.480 e. The standard InChI is InChI=1S/C15H17ClFNO3/c1-2-9-6-7-18(12(8-9)15(20)21)14(19)10-4-3-5-11(16)13(10)17/h3-5,9,12H,2,6-8H2,1H3,(H,20,21). The maximum absolute atomic E-state index is 14.0. The fourth-order valence-corrected chi connectivity index (χ4v) is 2.88. The van der Waals surface area contributed by atoms with Crippen molar-refractivity contribution in [2.75, 3.05) is 6.54 Å². The molecule has 1 aromatic rings.